The lowest BCUT2D eigenvalue weighted by molar-refractivity contribution is 0.270. The summed E-state index contributed by atoms with van der Waals surface area (Å²) < 4.78 is 12.6. The van der Waals surface area contributed by atoms with E-state index >= 15 is 0 Å². The third kappa shape index (κ3) is 1.06. The molecule has 1 radical (unpaired) electrons. The summed E-state index contributed by atoms with van der Waals surface area (Å²) in [7, 11) is 0. The van der Waals surface area contributed by atoms with Gasteiger partial charge >= 0.3 is 0 Å². The molecule has 1 rings (SSSR count). The minimum absolute atomic E-state index is 0.185. The van der Waals surface area contributed by atoms with E-state index in [0.29, 0.717) is 0 Å². The zero-order chi connectivity index (χ0) is 7.78. The fourth-order valence-corrected chi connectivity index (χ4v) is 0.839. The molecule has 0 aromatic rings. The van der Waals surface area contributed by atoms with Crippen LogP contribution in [0.1, 0.15) is 13.8 Å². The summed E-state index contributed by atoms with van der Waals surface area (Å²) in [5.74, 6) is -0.720. The Morgan fingerprint density at radius 2 is 2.10 bits per heavy atom. The molecule has 0 aliphatic heterocycles. The Labute approximate surface area is 59.9 Å². The second kappa shape index (κ2) is 2.11. The normalized spacial score (nSPS) is 23.5. The third-order valence-electron chi connectivity index (χ3n) is 1.59. The highest BCUT2D eigenvalue weighted by molar-refractivity contribution is 5.30. The van der Waals surface area contributed by atoms with E-state index in [-0.39, 0.29) is 5.76 Å². The van der Waals surface area contributed by atoms with E-state index in [4.69, 9.17) is 5.11 Å². The Hall–Kier alpha value is -0.790. The number of aliphatic hydroxyl groups excluding tert-OH is 1. The SMILES string of the molecule is CC1(C)[CH]C=CC(F)=C1O. The van der Waals surface area contributed by atoms with E-state index in [1.807, 2.05) is 0 Å². The lowest BCUT2D eigenvalue weighted by Crippen LogP contribution is -2.17. The van der Waals surface area contributed by atoms with Crippen LogP contribution in [0.25, 0.3) is 0 Å². The molecule has 0 amide bonds. The summed E-state index contributed by atoms with van der Waals surface area (Å²) >= 11 is 0. The summed E-state index contributed by atoms with van der Waals surface area (Å²) in [6, 6.07) is 0. The first-order chi connectivity index (χ1) is 4.54. The molecule has 0 spiro atoms. The van der Waals surface area contributed by atoms with Crippen molar-refractivity contribution in [2.45, 2.75) is 13.8 Å². The molecule has 0 heterocycles. The molecular weight excluding hydrogens is 131 g/mol. The van der Waals surface area contributed by atoms with Gasteiger partial charge in [0.1, 0.15) is 5.76 Å². The smallest absolute Gasteiger partial charge is 0.160 e. The molecule has 0 bridgehead atoms. The molecule has 2 heteroatoms. The van der Waals surface area contributed by atoms with Crippen LogP contribution < -0.4 is 0 Å². The van der Waals surface area contributed by atoms with E-state index in [1.54, 1.807) is 26.3 Å². The predicted molar refractivity (Wildman–Crippen MR) is 38.0 cm³/mol. The van der Waals surface area contributed by atoms with E-state index in [0.717, 1.165) is 0 Å². The van der Waals surface area contributed by atoms with Crippen molar-refractivity contribution < 1.29 is 9.50 Å². The van der Waals surface area contributed by atoms with Gasteiger partial charge in [0.15, 0.2) is 5.83 Å². The van der Waals surface area contributed by atoms with Gasteiger partial charge in [-0.25, -0.2) is 4.39 Å². The van der Waals surface area contributed by atoms with Gasteiger partial charge in [0.05, 0.1) is 0 Å². The topological polar surface area (TPSA) is 20.2 Å². The molecule has 1 aliphatic carbocycles. The van der Waals surface area contributed by atoms with Crippen molar-refractivity contribution in [1.29, 1.82) is 0 Å². The number of rotatable bonds is 0. The average Bonchev–Trinajstić information content (AvgIpc) is 1.83. The lowest BCUT2D eigenvalue weighted by atomic mass is 9.84. The average molecular weight is 141 g/mol. The molecule has 0 aromatic carbocycles. The maximum absolute atomic E-state index is 12.6. The molecular formula is C8H10FO. The van der Waals surface area contributed by atoms with Crippen molar-refractivity contribution in [1.82, 2.24) is 0 Å². The second-order valence-corrected chi connectivity index (χ2v) is 2.94. The van der Waals surface area contributed by atoms with Crippen LogP contribution in [0.15, 0.2) is 23.7 Å². The van der Waals surface area contributed by atoms with Crippen LogP contribution in [0.4, 0.5) is 4.39 Å². The fourth-order valence-electron chi connectivity index (χ4n) is 0.839. The van der Waals surface area contributed by atoms with Crippen molar-refractivity contribution >= 4 is 0 Å². The first-order valence-corrected chi connectivity index (χ1v) is 3.16. The van der Waals surface area contributed by atoms with Gasteiger partial charge in [-0.3, -0.25) is 0 Å². The van der Waals surface area contributed by atoms with E-state index in [1.165, 1.54) is 6.08 Å². The quantitative estimate of drug-likeness (QED) is 0.549. The van der Waals surface area contributed by atoms with Crippen molar-refractivity contribution in [3.63, 3.8) is 0 Å². The summed E-state index contributed by atoms with van der Waals surface area (Å²) in [5, 5.41) is 9.13. The molecule has 0 aromatic heterocycles. The third-order valence-corrected chi connectivity index (χ3v) is 1.59. The van der Waals surface area contributed by atoms with E-state index < -0.39 is 11.2 Å². The maximum Gasteiger partial charge on any atom is 0.160 e. The van der Waals surface area contributed by atoms with Crippen LogP contribution in [0.5, 0.6) is 0 Å². The molecule has 55 valence electrons. The number of halogens is 1. The zero-order valence-electron chi connectivity index (χ0n) is 6.06. The minimum atomic E-state index is -0.543. The van der Waals surface area contributed by atoms with E-state index in [2.05, 4.69) is 0 Å². The Bertz CT molecular complexity index is 201. The minimum Gasteiger partial charge on any atom is -0.509 e. The number of aliphatic hydroxyl groups is 1. The highest BCUT2D eigenvalue weighted by Gasteiger charge is 2.27. The zero-order valence-corrected chi connectivity index (χ0v) is 6.06. The van der Waals surface area contributed by atoms with Gasteiger partial charge < -0.3 is 5.11 Å². The largest absolute Gasteiger partial charge is 0.509 e. The first-order valence-electron chi connectivity index (χ1n) is 3.16. The molecule has 0 atom stereocenters. The summed E-state index contributed by atoms with van der Waals surface area (Å²) in [5.41, 5.74) is -0.543. The molecule has 1 aliphatic rings. The van der Waals surface area contributed by atoms with Gasteiger partial charge in [0.25, 0.3) is 0 Å². The van der Waals surface area contributed by atoms with Gasteiger partial charge in [-0.2, -0.15) is 0 Å². The highest BCUT2D eigenvalue weighted by Crippen LogP contribution is 2.34. The molecule has 0 fully saturated rings. The number of allylic oxidation sites excluding steroid dienone is 4. The Kier molecular flexibility index (Phi) is 1.55. The number of hydrogen-bond donors (Lipinski definition) is 1. The summed E-state index contributed by atoms with van der Waals surface area (Å²) in [6.07, 6.45) is 4.61. The van der Waals surface area contributed by atoms with E-state index in [9.17, 15) is 4.39 Å². The molecule has 0 unspecified atom stereocenters. The molecule has 0 saturated carbocycles. The molecule has 10 heavy (non-hydrogen) atoms. The Morgan fingerprint density at radius 3 is 2.50 bits per heavy atom. The standard InChI is InChI=1S/C8H10FO/c1-8(2)5-3-4-6(9)7(8)10/h3-5,10H,1-2H3. The first kappa shape index (κ1) is 7.32. The van der Waals surface area contributed by atoms with Crippen LogP contribution >= 0.6 is 0 Å². The van der Waals surface area contributed by atoms with Crippen molar-refractivity contribution in [3.8, 4) is 0 Å². The van der Waals surface area contributed by atoms with Crippen molar-refractivity contribution in [2.24, 2.45) is 5.41 Å². The van der Waals surface area contributed by atoms with Crippen LogP contribution in [0, 0.1) is 11.8 Å². The molecule has 1 N–H and O–H groups in total. The summed E-state index contributed by atoms with van der Waals surface area (Å²) in [4.78, 5) is 0. The molecule has 0 saturated heterocycles. The van der Waals surface area contributed by atoms with Crippen molar-refractivity contribution in [2.75, 3.05) is 0 Å². The van der Waals surface area contributed by atoms with Crippen LogP contribution in [0.2, 0.25) is 0 Å². The Morgan fingerprint density at radius 1 is 1.50 bits per heavy atom. The summed E-state index contributed by atoms with van der Waals surface area (Å²) in [6.45, 7) is 3.51. The van der Waals surface area contributed by atoms with Crippen LogP contribution in [-0.2, 0) is 0 Å². The van der Waals surface area contributed by atoms with Crippen LogP contribution in [-0.4, -0.2) is 5.11 Å². The number of hydrogen-bond acceptors (Lipinski definition) is 1. The monoisotopic (exact) mass is 141 g/mol. The van der Waals surface area contributed by atoms with Gasteiger partial charge in [0.2, 0.25) is 0 Å². The lowest BCUT2D eigenvalue weighted by Gasteiger charge is -2.24. The van der Waals surface area contributed by atoms with Gasteiger partial charge in [0, 0.05) is 5.41 Å². The van der Waals surface area contributed by atoms with Gasteiger partial charge in [-0.05, 0) is 12.5 Å². The fraction of sp³-hybridized carbons (Fsp3) is 0.375. The van der Waals surface area contributed by atoms with Gasteiger partial charge in [-0.1, -0.05) is 19.9 Å². The second-order valence-electron chi connectivity index (χ2n) is 2.94. The van der Waals surface area contributed by atoms with Crippen molar-refractivity contribution in [3.05, 3.63) is 30.2 Å². The molecule has 1 nitrogen and oxygen atoms in total. The van der Waals surface area contributed by atoms with Gasteiger partial charge in [-0.15, -0.1) is 0 Å². The predicted octanol–water partition coefficient (Wildman–Crippen LogP) is 2.53. The maximum atomic E-state index is 12.6. The highest BCUT2D eigenvalue weighted by atomic mass is 19.1. The van der Waals surface area contributed by atoms with Crippen LogP contribution in [0.3, 0.4) is 0 Å². The Balaban J connectivity index is 2.99.